The van der Waals surface area contributed by atoms with Gasteiger partial charge < -0.3 is 14.2 Å². The van der Waals surface area contributed by atoms with Crippen LogP contribution in [-0.4, -0.2) is 24.8 Å². The summed E-state index contributed by atoms with van der Waals surface area (Å²) in [5, 5.41) is 14.6. The highest BCUT2D eigenvalue weighted by atomic mass is 127. The van der Waals surface area contributed by atoms with E-state index in [1.807, 2.05) is 49.0 Å². The van der Waals surface area contributed by atoms with E-state index in [9.17, 15) is 5.11 Å². The smallest absolute Gasteiger partial charge is 0.141 e. The van der Waals surface area contributed by atoms with Crippen LogP contribution in [-0.2, 0) is 6.54 Å². The molecule has 132 valence electrons. The van der Waals surface area contributed by atoms with Crippen molar-refractivity contribution in [3.05, 3.63) is 63.6 Å². The van der Waals surface area contributed by atoms with Gasteiger partial charge in [0.1, 0.15) is 17.4 Å². The van der Waals surface area contributed by atoms with Crippen molar-refractivity contribution >= 4 is 33.6 Å². The van der Waals surface area contributed by atoms with Crippen molar-refractivity contribution in [2.75, 3.05) is 0 Å². The summed E-state index contributed by atoms with van der Waals surface area (Å²) >= 11 is 2.27. The van der Waals surface area contributed by atoms with Gasteiger partial charge in [0.05, 0.1) is 27.0 Å². The Hall–Kier alpha value is -2.26. The summed E-state index contributed by atoms with van der Waals surface area (Å²) < 4.78 is 8.34. The van der Waals surface area contributed by atoms with Gasteiger partial charge in [-0.15, -0.1) is 0 Å². The maximum absolute atomic E-state index is 10.6. The molecule has 0 unspecified atom stereocenters. The Morgan fingerprint density at radius 3 is 2.81 bits per heavy atom. The molecule has 0 aliphatic carbocycles. The molecule has 0 radical (unpaired) electrons. The summed E-state index contributed by atoms with van der Waals surface area (Å²) in [6.07, 6.45) is 4.84. The van der Waals surface area contributed by atoms with E-state index in [-0.39, 0.29) is 0 Å². The normalized spacial score (nSPS) is 12.6. The van der Waals surface area contributed by atoms with Gasteiger partial charge >= 0.3 is 0 Å². The number of nitrogens with zero attached hydrogens (tertiary/aromatic N) is 4. The number of pyridine rings is 2. The molecular weight excluding hydrogens is 443 g/mol. The molecule has 0 bridgehead atoms. The summed E-state index contributed by atoms with van der Waals surface area (Å²) in [7, 11) is 0. The van der Waals surface area contributed by atoms with Crippen LogP contribution in [0.4, 0.5) is 0 Å². The zero-order chi connectivity index (χ0) is 18.3. The Balaban J connectivity index is 1.77. The molecule has 0 aliphatic heterocycles. The van der Waals surface area contributed by atoms with Gasteiger partial charge in [0.25, 0.3) is 0 Å². The number of fused-ring (bicyclic) bond motifs is 1. The number of halogens is 1. The fraction of sp³-hybridized carbons (Fsp3) is 0.211. The van der Waals surface area contributed by atoms with Crippen molar-refractivity contribution < 1.29 is 9.63 Å². The lowest BCUT2D eigenvalue weighted by atomic mass is 10.1. The number of hydrogen-bond acceptors (Lipinski definition) is 5. The molecule has 1 N–H and O–H groups in total. The average molecular weight is 460 g/mol. The summed E-state index contributed by atoms with van der Waals surface area (Å²) in [5.41, 5.74) is 5.28. The lowest BCUT2D eigenvalue weighted by molar-refractivity contribution is 0.153. The second kappa shape index (κ2) is 6.81. The molecule has 0 saturated heterocycles. The fourth-order valence-electron chi connectivity index (χ4n) is 3.16. The van der Waals surface area contributed by atoms with Gasteiger partial charge in [-0.2, -0.15) is 0 Å². The van der Waals surface area contributed by atoms with Crippen LogP contribution in [0.15, 0.2) is 47.4 Å². The van der Waals surface area contributed by atoms with E-state index < -0.39 is 6.10 Å². The van der Waals surface area contributed by atoms with Gasteiger partial charge in [-0.1, -0.05) is 11.2 Å². The van der Waals surface area contributed by atoms with Crippen molar-refractivity contribution in [3.63, 3.8) is 0 Å². The first-order valence-corrected chi connectivity index (χ1v) is 9.29. The topological polar surface area (TPSA) is 77.0 Å². The van der Waals surface area contributed by atoms with Crippen molar-refractivity contribution in [2.45, 2.75) is 26.5 Å². The number of hydrogen-bond donors (Lipinski definition) is 1. The first-order valence-electron chi connectivity index (χ1n) is 8.21. The fourth-order valence-corrected chi connectivity index (χ4v) is 3.91. The van der Waals surface area contributed by atoms with Gasteiger partial charge in [0, 0.05) is 29.7 Å². The molecule has 0 fully saturated rings. The number of aromatic nitrogens is 4. The van der Waals surface area contributed by atoms with E-state index in [4.69, 9.17) is 4.52 Å². The maximum atomic E-state index is 10.6. The minimum atomic E-state index is -0.690. The lowest BCUT2D eigenvalue weighted by Gasteiger charge is -2.12. The van der Waals surface area contributed by atoms with Crippen LogP contribution in [0.2, 0.25) is 0 Å². The molecule has 4 heterocycles. The van der Waals surface area contributed by atoms with E-state index in [0.717, 1.165) is 37.2 Å². The second-order valence-electron chi connectivity index (χ2n) is 6.19. The molecule has 7 heteroatoms. The highest BCUT2D eigenvalue weighted by molar-refractivity contribution is 14.1. The Morgan fingerprint density at radius 2 is 2.12 bits per heavy atom. The molecule has 4 aromatic heterocycles. The van der Waals surface area contributed by atoms with Crippen LogP contribution in [0, 0.1) is 17.4 Å². The Morgan fingerprint density at radius 1 is 1.27 bits per heavy atom. The van der Waals surface area contributed by atoms with Crippen LogP contribution in [0.1, 0.15) is 23.3 Å². The third kappa shape index (κ3) is 3.01. The van der Waals surface area contributed by atoms with Crippen LogP contribution in [0.3, 0.4) is 0 Å². The van der Waals surface area contributed by atoms with Gasteiger partial charge in [-0.05, 0) is 54.6 Å². The standard InChI is InChI=1S/C19H17IN4O2/c1-11-18(12(2)26-23-11)13-7-16-19(22-8-13)14(20)9-24(16)10-17(25)15-5-3-4-6-21-15/h3-9,17,25H,10H2,1-2H3/t17-/m1/s1. The third-order valence-corrected chi connectivity index (χ3v) is 5.18. The monoisotopic (exact) mass is 460 g/mol. The van der Waals surface area contributed by atoms with Crippen molar-refractivity contribution in [2.24, 2.45) is 0 Å². The molecular formula is C19H17IN4O2. The quantitative estimate of drug-likeness (QED) is 0.466. The molecule has 0 aliphatic rings. The van der Waals surface area contributed by atoms with Crippen molar-refractivity contribution in [1.29, 1.82) is 0 Å². The van der Waals surface area contributed by atoms with E-state index in [1.165, 1.54) is 0 Å². The molecule has 0 aromatic carbocycles. The van der Waals surface area contributed by atoms with Gasteiger partial charge in [-0.25, -0.2) is 0 Å². The second-order valence-corrected chi connectivity index (χ2v) is 7.35. The zero-order valence-electron chi connectivity index (χ0n) is 14.3. The summed E-state index contributed by atoms with van der Waals surface area (Å²) in [4.78, 5) is 8.87. The van der Waals surface area contributed by atoms with Gasteiger partial charge in [0.15, 0.2) is 0 Å². The number of aliphatic hydroxyl groups excluding tert-OH is 1. The summed E-state index contributed by atoms with van der Waals surface area (Å²) in [6, 6.07) is 7.61. The first-order chi connectivity index (χ1) is 12.5. The highest BCUT2D eigenvalue weighted by Crippen LogP contribution is 2.31. The van der Waals surface area contributed by atoms with E-state index >= 15 is 0 Å². The summed E-state index contributed by atoms with van der Waals surface area (Å²) in [5.74, 6) is 0.768. The molecule has 0 amide bonds. The minimum Gasteiger partial charge on any atom is -0.385 e. The number of aliphatic hydroxyl groups is 1. The Bertz CT molecular complexity index is 1050. The van der Waals surface area contributed by atoms with Crippen LogP contribution in [0.25, 0.3) is 22.2 Å². The molecule has 4 aromatic rings. The molecule has 4 rings (SSSR count). The third-order valence-electron chi connectivity index (χ3n) is 4.39. The molecule has 26 heavy (non-hydrogen) atoms. The van der Waals surface area contributed by atoms with Crippen molar-refractivity contribution in [1.82, 2.24) is 19.7 Å². The largest absolute Gasteiger partial charge is 0.385 e. The molecule has 1 atom stereocenters. The van der Waals surface area contributed by atoms with Gasteiger partial charge in [-0.3, -0.25) is 9.97 Å². The van der Waals surface area contributed by atoms with Gasteiger partial charge in [0.2, 0.25) is 0 Å². The predicted octanol–water partition coefficient (Wildman–Crippen LogP) is 4.04. The average Bonchev–Trinajstić information content (AvgIpc) is 3.14. The van der Waals surface area contributed by atoms with E-state index in [2.05, 4.69) is 43.8 Å². The highest BCUT2D eigenvalue weighted by Gasteiger charge is 2.17. The SMILES string of the molecule is Cc1noc(C)c1-c1cnc2c(I)cn(C[C@@H](O)c3ccccn3)c2c1. The first kappa shape index (κ1) is 17.2. The number of aryl methyl sites for hydroxylation is 2. The van der Waals surface area contributed by atoms with Crippen LogP contribution >= 0.6 is 22.6 Å². The Kier molecular flexibility index (Phi) is 4.49. The summed E-state index contributed by atoms with van der Waals surface area (Å²) in [6.45, 7) is 4.22. The van der Waals surface area contributed by atoms with E-state index in [0.29, 0.717) is 12.2 Å². The Labute approximate surface area is 164 Å². The predicted molar refractivity (Wildman–Crippen MR) is 107 cm³/mol. The number of rotatable bonds is 4. The maximum Gasteiger partial charge on any atom is 0.141 e. The van der Waals surface area contributed by atoms with Crippen LogP contribution < -0.4 is 0 Å². The minimum absolute atomic E-state index is 0.406. The van der Waals surface area contributed by atoms with E-state index in [1.54, 1.807) is 6.20 Å². The molecule has 6 nitrogen and oxygen atoms in total. The zero-order valence-corrected chi connectivity index (χ0v) is 16.5. The van der Waals surface area contributed by atoms with Crippen molar-refractivity contribution in [3.8, 4) is 11.1 Å². The molecule has 0 saturated carbocycles. The molecule has 0 spiro atoms. The lowest BCUT2D eigenvalue weighted by Crippen LogP contribution is -2.09. The van der Waals surface area contributed by atoms with Crippen LogP contribution in [0.5, 0.6) is 0 Å².